The van der Waals surface area contributed by atoms with E-state index in [1.54, 1.807) is 0 Å². The third-order valence-corrected chi connectivity index (χ3v) is 0.949. The third kappa shape index (κ3) is 1.66. The molecule has 0 aliphatic heterocycles. The second-order valence-electron chi connectivity index (χ2n) is 1.54. The Kier molecular flexibility index (Phi) is 2.63. The molecule has 0 fully saturated rings. The van der Waals surface area contributed by atoms with Gasteiger partial charge in [-0.3, -0.25) is 0 Å². The van der Waals surface area contributed by atoms with E-state index in [1.807, 2.05) is 30.3 Å². The quantitative estimate of drug-likeness (QED) is 0.702. The van der Waals surface area contributed by atoms with Crippen molar-refractivity contribution >= 4 is 12.9 Å². The molecule has 0 unspecified atom stereocenters. The molecule has 47 valence electrons. The van der Waals surface area contributed by atoms with Crippen molar-refractivity contribution < 1.29 is 5.02 Å². The van der Waals surface area contributed by atoms with Gasteiger partial charge in [0.05, 0.1) is 0 Å². The molecule has 1 N–H and O–H groups in total. The maximum atomic E-state index is 8.41. The molecule has 1 rings (SSSR count). The summed E-state index contributed by atoms with van der Waals surface area (Å²) in [5.41, 5.74) is 0.840. The van der Waals surface area contributed by atoms with Gasteiger partial charge in [0.2, 0.25) is 0 Å². The molecular formula is C6H6BCmO. The van der Waals surface area contributed by atoms with Crippen molar-refractivity contribution in [2.24, 2.45) is 0 Å². The monoisotopic (exact) mass is 348 g/mol. The SMILES string of the molecule is O[B]c1ccccc1.[Cm]. The van der Waals surface area contributed by atoms with E-state index in [1.165, 1.54) is 0 Å². The summed E-state index contributed by atoms with van der Waals surface area (Å²) in [7, 11) is 1.08. The summed E-state index contributed by atoms with van der Waals surface area (Å²) in [6, 6.07) is 9.33. The number of benzene rings is 1. The van der Waals surface area contributed by atoms with Crippen LogP contribution < -0.4 is 5.46 Å². The largest absolute Gasteiger partial charge is 0.450 e. The summed E-state index contributed by atoms with van der Waals surface area (Å²) in [4.78, 5) is 0. The van der Waals surface area contributed by atoms with Crippen molar-refractivity contribution in [3.8, 4) is 0 Å². The van der Waals surface area contributed by atoms with Gasteiger partial charge < -0.3 is 5.02 Å². The second kappa shape index (κ2) is 3.27. The zero-order valence-corrected chi connectivity index (χ0v) is 7.71. The van der Waals surface area contributed by atoms with Crippen molar-refractivity contribution in [2.45, 2.75) is 0 Å². The minimum atomic E-state index is 0. The number of rotatable bonds is 1. The third-order valence-electron chi connectivity index (χ3n) is 0.949. The Hall–Kier alpha value is -1.76. The van der Waals surface area contributed by atoms with E-state index in [0.717, 1.165) is 12.9 Å². The Morgan fingerprint density at radius 1 is 1.11 bits per heavy atom. The Labute approximate surface area is 49.2 Å². The normalized spacial score (nSPS) is 7.67. The molecule has 0 bridgehead atoms. The average molecular weight is 352 g/mol. The number of hydrogen-bond acceptors (Lipinski definition) is 1. The van der Waals surface area contributed by atoms with Crippen LogP contribution >= 0.6 is 0 Å². The molecule has 1 aromatic rings. The summed E-state index contributed by atoms with van der Waals surface area (Å²) < 4.78 is 0. The van der Waals surface area contributed by atoms with E-state index < -0.39 is 0 Å². The van der Waals surface area contributed by atoms with Gasteiger partial charge in [-0.05, 0) is 0 Å². The van der Waals surface area contributed by atoms with Crippen LogP contribution in [0.1, 0.15) is 0 Å². The van der Waals surface area contributed by atoms with E-state index in [0.29, 0.717) is 0 Å². The van der Waals surface area contributed by atoms with Crippen LogP contribution in [0.5, 0.6) is 0 Å². The summed E-state index contributed by atoms with van der Waals surface area (Å²) in [5, 5.41) is 8.41. The van der Waals surface area contributed by atoms with Gasteiger partial charge in [-0.1, -0.05) is 35.8 Å². The predicted molar refractivity (Wildman–Crippen MR) is 34.0 cm³/mol. The maximum absolute atomic E-state index is 8.41. The molecule has 1 radical (unpaired) electrons. The molecule has 0 aliphatic rings. The first kappa shape index (κ1) is 7.24. The smallest absolute Gasteiger partial charge is 0.326 e. The zero-order chi connectivity index (χ0) is 5.82. The average Bonchev–Trinajstić information content (AvgIpc) is 1.90. The van der Waals surface area contributed by atoms with Gasteiger partial charge in [-0.25, -0.2) is 0 Å². The van der Waals surface area contributed by atoms with Crippen LogP contribution in [0.25, 0.3) is 0 Å². The predicted octanol–water partition coefficient (Wildman–Crippen LogP) is -0.0766. The molecule has 0 aromatic heterocycles. The fraction of sp³-hybridized carbons (Fsp3) is 0. The molecule has 0 heterocycles. The summed E-state index contributed by atoms with van der Waals surface area (Å²) in [5.74, 6) is 0. The first-order valence-electron chi connectivity index (χ1n) is 2.46. The van der Waals surface area contributed by atoms with Gasteiger partial charge in [0.15, 0.2) is 0 Å². The molecular weight excluding hydrogens is 346 g/mol. The molecule has 1 nitrogen and oxygen atoms in total. The Morgan fingerprint density at radius 2 is 1.67 bits per heavy atom. The fourth-order valence-electron chi connectivity index (χ4n) is 0.539. The van der Waals surface area contributed by atoms with E-state index in [2.05, 4.69) is 0 Å². The van der Waals surface area contributed by atoms with E-state index in [-0.39, 0.29) is 0 Å². The van der Waals surface area contributed by atoms with Crippen LogP contribution in [-0.4, -0.2) is 12.5 Å². The molecule has 0 spiro atoms. The van der Waals surface area contributed by atoms with Crippen LogP contribution in [0.4, 0.5) is 0 Å². The van der Waals surface area contributed by atoms with Gasteiger partial charge >= 0.3 is 7.48 Å². The van der Waals surface area contributed by atoms with Crippen molar-refractivity contribution in [1.29, 1.82) is 0 Å². The Bertz CT molecular complexity index is 154. The standard InChI is InChI=1S/C6H6BO.Cm/c8-7-6-4-2-1-3-5-6;/h1-5,8H;. The molecule has 1 aromatic carbocycles. The van der Waals surface area contributed by atoms with E-state index in [4.69, 9.17) is 5.02 Å². The molecule has 3 heteroatoms. The fourth-order valence-corrected chi connectivity index (χ4v) is 0.539. The molecule has 0 atom stereocenters. The van der Waals surface area contributed by atoms with Crippen molar-refractivity contribution in [3.63, 3.8) is 0 Å². The molecule has 0 saturated heterocycles. The van der Waals surface area contributed by atoms with Gasteiger partial charge in [0.1, 0.15) is 0 Å². The molecule has 0 aliphatic carbocycles. The van der Waals surface area contributed by atoms with Crippen molar-refractivity contribution in [2.75, 3.05) is 0 Å². The minimum absolute atomic E-state index is 0. The van der Waals surface area contributed by atoms with Gasteiger partial charge in [-0.2, -0.15) is 0 Å². The first-order valence-corrected chi connectivity index (χ1v) is 2.46. The summed E-state index contributed by atoms with van der Waals surface area (Å²) in [6.07, 6.45) is 0. The summed E-state index contributed by atoms with van der Waals surface area (Å²) in [6.45, 7) is 0. The summed E-state index contributed by atoms with van der Waals surface area (Å²) >= 11 is 0. The van der Waals surface area contributed by atoms with Crippen LogP contribution in [0, 0.1) is 0 Å². The topological polar surface area (TPSA) is 20.2 Å². The van der Waals surface area contributed by atoms with E-state index in [9.17, 15) is 0 Å². The molecule has 0 saturated carbocycles. The van der Waals surface area contributed by atoms with E-state index >= 15 is 0 Å². The zero-order valence-electron chi connectivity index (χ0n) is 4.76. The van der Waals surface area contributed by atoms with Gasteiger partial charge in [0, 0.05) is 0 Å². The van der Waals surface area contributed by atoms with Crippen LogP contribution in [0.2, 0.25) is 0 Å². The van der Waals surface area contributed by atoms with Crippen molar-refractivity contribution in [3.05, 3.63) is 30.3 Å². The van der Waals surface area contributed by atoms with Crippen LogP contribution in [0.15, 0.2) is 30.3 Å². The second-order valence-corrected chi connectivity index (χ2v) is 1.54. The van der Waals surface area contributed by atoms with Crippen LogP contribution in [0.3, 0.4) is 0 Å². The van der Waals surface area contributed by atoms with Gasteiger partial charge in [-0.15, -0.1) is 0 Å². The van der Waals surface area contributed by atoms with Crippen LogP contribution in [-0.2, 0) is 0 Å². The number of hydrogen-bond donors (Lipinski definition) is 1. The Balaban J connectivity index is 0.000000640. The molecule has 9 heavy (non-hydrogen) atoms. The maximum Gasteiger partial charge on any atom is 0.326 e. The van der Waals surface area contributed by atoms with Gasteiger partial charge in [0.25, 0.3) is 0 Å². The van der Waals surface area contributed by atoms with Crippen molar-refractivity contribution in [1.82, 2.24) is 0 Å². The minimum Gasteiger partial charge on any atom is -0.450 e. The first-order chi connectivity index (χ1) is 3.93. The molecule has 0 amide bonds. The Morgan fingerprint density at radius 3 is 2.00 bits per heavy atom.